The van der Waals surface area contributed by atoms with Crippen LogP contribution >= 0.6 is 0 Å². The van der Waals surface area contributed by atoms with Crippen LogP contribution in [0.25, 0.3) is 10.4 Å². The Labute approximate surface area is 128 Å². The van der Waals surface area contributed by atoms with Crippen molar-refractivity contribution in [2.75, 3.05) is 52.9 Å². The molecule has 0 atom stereocenters. The largest absolute Gasteiger partial charge is 0.487 e. The Bertz CT molecular complexity index is 505. The van der Waals surface area contributed by atoms with E-state index in [1.807, 2.05) is 0 Å². The molecule has 1 aliphatic rings. The van der Waals surface area contributed by atoms with Crippen molar-refractivity contribution in [3.05, 3.63) is 28.6 Å². The molecule has 1 heterocycles. The molecule has 22 heavy (non-hydrogen) atoms. The summed E-state index contributed by atoms with van der Waals surface area (Å²) in [5.41, 5.74) is 8.96. The highest BCUT2D eigenvalue weighted by Gasteiger charge is 2.07. The van der Waals surface area contributed by atoms with E-state index in [4.69, 9.17) is 29.2 Å². The van der Waals surface area contributed by atoms with Gasteiger partial charge < -0.3 is 23.7 Å². The zero-order valence-corrected chi connectivity index (χ0v) is 12.3. The molecule has 0 spiro atoms. The van der Waals surface area contributed by atoms with Gasteiger partial charge in [-0.1, -0.05) is 5.11 Å². The zero-order valence-electron chi connectivity index (χ0n) is 12.3. The van der Waals surface area contributed by atoms with E-state index in [2.05, 4.69) is 10.0 Å². The predicted molar refractivity (Wildman–Crippen MR) is 78.7 cm³/mol. The zero-order chi connectivity index (χ0) is 15.5. The van der Waals surface area contributed by atoms with Crippen LogP contribution in [0.15, 0.2) is 23.3 Å². The van der Waals surface area contributed by atoms with E-state index in [0.29, 0.717) is 70.0 Å². The molecule has 8 nitrogen and oxygen atoms in total. The van der Waals surface area contributed by atoms with Crippen LogP contribution in [0.5, 0.6) is 11.5 Å². The summed E-state index contributed by atoms with van der Waals surface area (Å²) in [6.45, 7) is 3.74. The van der Waals surface area contributed by atoms with Crippen LogP contribution in [0.2, 0.25) is 0 Å². The van der Waals surface area contributed by atoms with Gasteiger partial charge in [-0.05, 0) is 23.7 Å². The Hall–Kier alpha value is -1.99. The Balaban J connectivity index is 2.02. The second-order valence-corrected chi connectivity index (χ2v) is 4.35. The number of rotatable bonds is 1. The lowest BCUT2D eigenvalue weighted by molar-refractivity contribution is 0.00708. The molecule has 8 heteroatoms. The van der Waals surface area contributed by atoms with Crippen molar-refractivity contribution >= 4 is 5.69 Å². The molecule has 0 bridgehead atoms. The first-order valence-electron chi connectivity index (χ1n) is 7.08. The van der Waals surface area contributed by atoms with Crippen molar-refractivity contribution in [2.24, 2.45) is 5.11 Å². The average molecular weight is 309 g/mol. The lowest BCUT2D eigenvalue weighted by atomic mass is 10.3. The van der Waals surface area contributed by atoms with Gasteiger partial charge in [-0.25, -0.2) is 0 Å². The van der Waals surface area contributed by atoms with Gasteiger partial charge in [0.25, 0.3) is 0 Å². The van der Waals surface area contributed by atoms with Crippen LogP contribution in [-0.2, 0) is 14.2 Å². The van der Waals surface area contributed by atoms with Gasteiger partial charge in [-0.2, -0.15) is 0 Å². The van der Waals surface area contributed by atoms with E-state index in [1.165, 1.54) is 0 Å². The van der Waals surface area contributed by atoms with Gasteiger partial charge in [0.05, 0.1) is 39.6 Å². The minimum atomic E-state index is 0.368. The first-order chi connectivity index (χ1) is 10.9. The van der Waals surface area contributed by atoms with E-state index in [1.54, 1.807) is 18.2 Å². The highest BCUT2D eigenvalue weighted by atomic mass is 16.6. The first kappa shape index (κ1) is 16.4. The number of hydrogen-bond acceptors (Lipinski definition) is 6. The van der Waals surface area contributed by atoms with Crippen molar-refractivity contribution in [3.8, 4) is 11.5 Å². The molecular weight excluding hydrogens is 290 g/mol. The van der Waals surface area contributed by atoms with E-state index >= 15 is 0 Å². The monoisotopic (exact) mass is 309 g/mol. The molecule has 0 saturated carbocycles. The molecule has 0 aromatic heterocycles. The summed E-state index contributed by atoms with van der Waals surface area (Å²) < 4.78 is 27.4. The maximum Gasteiger partial charge on any atom is 0.161 e. The summed E-state index contributed by atoms with van der Waals surface area (Å²) in [5, 5.41) is 3.56. The van der Waals surface area contributed by atoms with E-state index in [0.717, 1.165) is 0 Å². The van der Waals surface area contributed by atoms with Crippen LogP contribution in [0.3, 0.4) is 0 Å². The maximum absolute atomic E-state index is 8.50. The van der Waals surface area contributed by atoms with E-state index in [9.17, 15) is 0 Å². The minimum absolute atomic E-state index is 0.368. The molecule has 1 aliphatic heterocycles. The number of azide groups is 1. The van der Waals surface area contributed by atoms with Crippen LogP contribution in [-0.4, -0.2) is 52.9 Å². The van der Waals surface area contributed by atoms with E-state index < -0.39 is 0 Å². The molecule has 0 saturated heterocycles. The van der Waals surface area contributed by atoms with E-state index in [-0.39, 0.29) is 0 Å². The molecule has 0 fully saturated rings. The van der Waals surface area contributed by atoms with Crippen molar-refractivity contribution in [3.63, 3.8) is 0 Å². The average Bonchev–Trinajstić information content (AvgIpc) is 2.54. The van der Waals surface area contributed by atoms with Gasteiger partial charge in [-0.3, -0.25) is 0 Å². The minimum Gasteiger partial charge on any atom is -0.487 e. The number of benzene rings is 1. The normalized spacial score (nSPS) is 17.6. The van der Waals surface area contributed by atoms with Crippen LogP contribution < -0.4 is 9.47 Å². The topological polar surface area (TPSA) is 94.9 Å². The smallest absolute Gasteiger partial charge is 0.161 e. The molecule has 2 rings (SSSR count). The molecular formula is C14H19N3O5. The van der Waals surface area contributed by atoms with Gasteiger partial charge >= 0.3 is 0 Å². The standard InChI is InChI=1S/C14H19N3O5/c15-17-16-12-1-2-13-14(11-12)22-10-8-20-6-4-18-3-5-19-7-9-21-13/h1-2,11H,3-10H2. The number of nitrogens with zero attached hydrogens (tertiary/aromatic N) is 3. The number of fused-ring (bicyclic) bond motifs is 1. The van der Waals surface area contributed by atoms with Crippen molar-refractivity contribution in [1.82, 2.24) is 0 Å². The number of ether oxygens (including phenoxy) is 5. The van der Waals surface area contributed by atoms with Gasteiger partial charge in [0.2, 0.25) is 0 Å². The lowest BCUT2D eigenvalue weighted by Crippen LogP contribution is -2.13. The summed E-state index contributed by atoms with van der Waals surface area (Å²) in [5.74, 6) is 1.09. The summed E-state index contributed by atoms with van der Waals surface area (Å²) in [6, 6.07) is 5.01. The first-order valence-corrected chi connectivity index (χ1v) is 7.08. The quantitative estimate of drug-likeness (QED) is 0.451. The summed E-state index contributed by atoms with van der Waals surface area (Å²) in [7, 11) is 0. The molecule has 0 aliphatic carbocycles. The lowest BCUT2D eigenvalue weighted by Gasteiger charge is -2.13. The van der Waals surface area contributed by atoms with Gasteiger partial charge in [-0.15, -0.1) is 0 Å². The third-order valence-corrected chi connectivity index (χ3v) is 2.80. The van der Waals surface area contributed by atoms with Gasteiger partial charge in [0, 0.05) is 10.6 Å². The molecule has 1 aromatic rings. The van der Waals surface area contributed by atoms with Crippen LogP contribution in [0, 0.1) is 0 Å². The Morgan fingerprint density at radius 2 is 1.32 bits per heavy atom. The fourth-order valence-electron chi connectivity index (χ4n) is 1.81. The van der Waals surface area contributed by atoms with Crippen LogP contribution in [0.4, 0.5) is 5.69 Å². The van der Waals surface area contributed by atoms with Crippen molar-refractivity contribution in [2.45, 2.75) is 0 Å². The Morgan fingerprint density at radius 1 is 0.773 bits per heavy atom. The fourth-order valence-corrected chi connectivity index (χ4v) is 1.81. The molecule has 1 aromatic carbocycles. The third-order valence-electron chi connectivity index (χ3n) is 2.80. The molecule has 120 valence electrons. The molecule has 0 unspecified atom stereocenters. The van der Waals surface area contributed by atoms with Gasteiger partial charge in [0.15, 0.2) is 11.5 Å². The second-order valence-electron chi connectivity index (χ2n) is 4.35. The van der Waals surface area contributed by atoms with Crippen molar-refractivity contribution in [1.29, 1.82) is 0 Å². The summed E-state index contributed by atoms with van der Waals surface area (Å²) in [4.78, 5) is 2.76. The highest BCUT2D eigenvalue weighted by Crippen LogP contribution is 2.31. The Morgan fingerprint density at radius 3 is 1.91 bits per heavy atom. The van der Waals surface area contributed by atoms with Gasteiger partial charge in [0.1, 0.15) is 13.2 Å². The maximum atomic E-state index is 8.50. The summed E-state index contributed by atoms with van der Waals surface area (Å²) >= 11 is 0. The fraction of sp³-hybridized carbons (Fsp3) is 0.571. The predicted octanol–water partition coefficient (Wildman–Crippen LogP) is 2.45. The SMILES string of the molecule is [N-]=[N+]=Nc1ccc2c(c1)OCCOCCOCCOCCO2. The third kappa shape index (κ3) is 5.79. The Kier molecular flexibility index (Phi) is 7.34. The molecule has 0 N–H and O–H groups in total. The molecule has 0 amide bonds. The number of hydrogen-bond donors (Lipinski definition) is 0. The second kappa shape index (κ2) is 9.86. The summed E-state index contributed by atoms with van der Waals surface area (Å²) in [6.07, 6.45) is 0. The van der Waals surface area contributed by atoms with Crippen LogP contribution in [0.1, 0.15) is 0 Å². The van der Waals surface area contributed by atoms with Crippen molar-refractivity contribution < 1.29 is 23.7 Å². The molecule has 0 radical (unpaired) electrons. The highest BCUT2D eigenvalue weighted by molar-refractivity contribution is 5.51.